The van der Waals surface area contributed by atoms with Gasteiger partial charge in [-0.25, -0.2) is 12.7 Å². The molecule has 0 bridgehead atoms. The molecule has 20 heavy (non-hydrogen) atoms. The number of nitrogen functional groups attached to an aromatic ring is 1. The van der Waals surface area contributed by atoms with Crippen LogP contribution in [0.15, 0.2) is 50.8 Å². The summed E-state index contributed by atoms with van der Waals surface area (Å²) < 4.78 is 30.7. The highest BCUT2D eigenvalue weighted by atomic mass is 32.2. The topological polar surface area (TPSA) is 76.5 Å². The highest BCUT2D eigenvalue weighted by Crippen LogP contribution is 2.33. The van der Waals surface area contributed by atoms with Gasteiger partial charge in [-0.3, -0.25) is 0 Å². The summed E-state index contributed by atoms with van der Waals surface area (Å²) in [6.45, 7) is 0. The maximum Gasteiger partial charge on any atom is 0.244 e. The molecule has 2 N–H and O–H groups in total. The molecule has 0 amide bonds. The van der Waals surface area contributed by atoms with Crippen molar-refractivity contribution in [2.24, 2.45) is 0 Å². The van der Waals surface area contributed by atoms with Crippen molar-refractivity contribution in [3.8, 4) is 0 Å². The molecular weight excluding hydrogens is 296 g/mol. The number of sulfonamides is 1. The summed E-state index contributed by atoms with van der Waals surface area (Å²) in [6.07, 6.45) is 1.60. The zero-order chi connectivity index (χ0) is 14.8. The van der Waals surface area contributed by atoms with E-state index < -0.39 is 10.0 Å². The molecule has 0 spiro atoms. The van der Waals surface area contributed by atoms with Gasteiger partial charge in [0.2, 0.25) is 10.0 Å². The smallest absolute Gasteiger partial charge is 0.244 e. The van der Waals surface area contributed by atoms with Gasteiger partial charge in [-0.05, 0) is 24.3 Å². The second-order valence-electron chi connectivity index (χ2n) is 4.32. The van der Waals surface area contributed by atoms with Crippen molar-refractivity contribution in [2.45, 2.75) is 15.5 Å². The Hall–Kier alpha value is -1.44. The zero-order valence-electron chi connectivity index (χ0n) is 11.2. The minimum atomic E-state index is -3.53. The summed E-state index contributed by atoms with van der Waals surface area (Å²) in [5.41, 5.74) is 6.27. The van der Waals surface area contributed by atoms with Gasteiger partial charge in [-0.2, -0.15) is 0 Å². The SMILES string of the molecule is CN(C)S(=O)(=O)c1cccc(SCc2ccco2)c1N. The summed E-state index contributed by atoms with van der Waals surface area (Å²) in [4.78, 5) is 0.858. The van der Waals surface area contributed by atoms with Crippen molar-refractivity contribution in [1.82, 2.24) is 4.31 Å². The summed E-state index contributed by atoms with van der Waals surface area (Å²) >= 11 is 1.45. The normalized spacial score (nSPS) is 11.9. The van der Waals surface area contributed by atoms with Crippen LogP contribution in [-0.2, 0) is 15.8 Å². The van der Waals surface area contributed by atoms with Gasteiger partial charge in [0, 0.05) is 19.0 Å². The first-order valence-corrected chi connectivity index (χ1v) is 8.31. The van der Waals surface area contributed by atoms with Crippen LogP contribution in [-0.4, -0.2) is 26.8 Å². The summed E-state index contributed by atoms with van der Waals surface area (Å²) in [5.74, 6) is 1.41. The van der Waals surface area contributed by atoms with E-state index >= 15 is 0 Å². The lowest BCUT2D eigenvalue weighted by atomic mass is 10.3. The Morgan fingerprint density at radius 3 is 2.60 bits per heavy atom. The van der Waals surface area contributed by atoms with Gasteiger partial charge in [-0.15, -0.1) is 11.8 Å². The van der Waals surface area contributed by atoms with Crippen LogP contribution in [0.25, 0.3) is 0 Å². The van der Waals surface area contributed by atoms with E-state index in [1.165, 1.54) is 31.9 Å². The van der Waals surface area contributed by atoms with Crippen LogP contribution in [0.5, 0.6) is 0 Å². The Morgan fingerprint density at radius 1 is 1.25 bits per heavy atom. The Morgan fingerprint density at radius 2 is 2.00 bits per heavy atom. The largest absolute Gasteiger partial charge is 0.468 e. The lowest BCUT2D eigenvalue weighted by molar-refractivity contribution is 0.521. The fourth-order valence-corrected chi connectivity index (χ4v) is 3.61. The lowest BCUT2D eigenvalue weighted by Gasteiger charge is -2.15. The summed E-state index contributed by atoms with van der Waals surface area (Å²) in [5, 5.41) is 0. The fourth-order valence-electron chi connectivity index (χ4n) is 1.61. The fraction of sp³-hybridized carbons (Fsp3) is 0.231. The zero-order valence-corrected chi connectivity index (χ0v) is 12.9. The molecule has 108 valence electrons. The maximum absolute atomic E-state index is 12.2. The molecule has 2 rings (SSSR count). The number of nitrogens with two attached hydrogens (primary N) is 1. The van der Waals surface area contributed by atoms with Gasteiger partial charge in [0.25, 0.3) is 0 Å². The predicted octanol–water partition coefficient (Wildman–Crippen LogP) is 2.40. The van der Waals surface area contributed by atoms with Crippen LogP contribution in [0.2, 0.25) is 0 Å². The Bertz CT molecular complexity index is 680. The van der Waals surface area contributed by atoms with Crippen LogP contribution in [0, 0.1) is 0 Å². The number of rotatable bonds is 5. The van der Waals surface area contributed by atoms with Gasteiger partial charge >= 0.3 is 0 Å². The minimum Gasteiger partial charge on any atom is -0.468 e. The van der Waals surface area contributed by atoms with Crippen LogP contribution in [0.1, 0.15) is 5.76 Å². The maximum atomic E-state index is 12.2. The third kappa shape index (κ3) is 3.00. The number of hydrogen-bond acceptors (Lipinski definition) is 5. The van der Waals surface area contributed by atoms with Crippen molar-refractivity contribution >= 4 is 27.5 Å². The Labute approximate surface area is 122 Å². The first-order chi connectivity index (χ1) is 9.43. The number of anilines is 1. The average molecular weight is 312 g/mol. The van der Waals surface area contributed by atoms with E-state index in [-0.39, 0.29) is 10.6 Å². The Kier molecular flexibility index (Phi) is 4.42. The van der Waals surface area contributed by atoms with E-state index in [1.807, 2.05) is 12.1 Å². The lowest BCUT2D eigenvalue weighted by Crippen LogP contribution is -2.23. The molecule has 0 aliphatic rings. The highest BCUT2D eigenvalue weighted by Gasteiger charge is 2.21. The Balaban J connectivity index is 2.28. The van der Waals surface area contributed by atoms with Gasteiger partial charge in [0.1, 0.15) is 10.7 Å². The number of benzene rings is 1. The van der Waals surface area contributed by atoms with Crippen molar-refractivity contribution < 1.29 is 12.8 Å². The van der Waals surface area contributed by atoms with Crippen molar-refractivity contribution in [3.05, 3.63) is 42.4 Å². The molecule has 1 heterocycles. The molecule has 2 aromatic rings. The van der Waals surface area contributed by atoms with Crippen molar-refractivity contribution in [2.75, 3.05) is 19.8 Å². The van der Waals surface area contributed by atoms with Crippen LogP contribution < -0.4 is 5.73 Å². The molecular formula is C13H16N2O3S2. The minimum absolute atomic E-state index is 0.131. The molecule has 0 saturated carbocycles. The third-order valence-corrected chi connectivity index (χ3v) is 5.70. The summed E-state index contributed by atoms with van der Waals surface area (Å²) in [7, 11) is -0.563. The predicted molar refractivity (Wildman–Crippen MR) is 80.0 cm³/mol. The molecule has 0 fully saturated rings. The quantitative estimate of drug-likeness (QED) is 0.677. The number of nitrogens with zero attached hydrogens (tertiary/aromatic N) is 1. The van der Waals surface area contributed by atoms with E-state index in [0.29, 0.717) is 5.75 Å². The van der Waals surface area contributed by atoms with E-state index in [2.05, 4.69) is 0 Å². The monoisotopic (exact) mass is 312 g/mol. The van der Waals surface area contributed by atoms with Crippen molar-refractivity contribution in [1.29, 1.82) is 0 Å². The molecule has 1 aromatic carbocycles. The molecule has 0 atom stereocenters. The van der Waals surface area contributed by atoms with E-state index in [4.69, 9.17) is 10.2 Å². The molecule has 0 saturated heterocycles. The number of hydrogen-bond donors (Lipinski definition) is 1. The second kappa shape index (κ2) is 5.90. The van der Waals surface area contributed by atoms with E-state index in [0.717, 1.165) is 15.0 Å². The molecule has 1 aromatic heterocycles. The number of furan rings is 1. The van der Waals surface area contributed by atoms with Crippen LogP contribution >= 0.6 is 11.8 Å². The van der Waals surface area contributed by atoms with Gasteiger partial charge < -0.3 is 10.2 Å². The van der Waals surface area contributed by atoms with E-state index in [9.17, 15) is 8.42 Å². The van der Waals surface area contributed by atoms with Crippen molar-refractivity contribution in [3.63, 3.8) is 0 Å². The van der Waals surface area contributed by atoms with Crippen LogP contribution in [0.3, 0.4) is 0 Å². The molecule has 5 nitrogen and oxygen atoms in total. The molecule has 0 aliphatic heterocycles. The van der Waals surface area contributed by atoms with Crippen LogP contribution in [0.4, 0.5) is 5.69 Å². The average Bonchev–Trinajstić information content (AvgIpc) is 2.90. The number of thioether (sulfide) groups is 1. The first kappa shape index (κ1) is 15.0. The highest BCUT2D eigenvalue weighted by molar-refractivity contribution is 7.98. The second-order valence-corrected chi connectivity index (χ2v) is 7.46. The summed E-state index contributed by atoms with van der Waals surface area (Å²) in [6, 6.07) is 8.69. The van der Waals surface area contributed by atoms with Gasteiger partial charge in [0.05, 0.1) is 17.7 Å². The molecule has 7 heteroatoms. The molecule has 0 aliphatic carbocycles. The van der Waals surface area contributed by atoms with Gasteiger partial charge in [0.15, 0.2) is 0 Å². The van der Waals surface area contributed by atoms with Gasteiger partial charge in [-0.1, -0.05) is 6.07 Å². The molecule has 0 radical (unpaired) electrons. The first-order valence-electron chi connectivity index (χ1n) is 5.89. The van der Waals surface area contributed by atoms with E-state index in [1.54, 1.807) is 18.4 Å². The molecule has 0 unspecified atom stereocenters. The number of para-hydroxylation sites is 1. The third-order valence-electron chi connectivity index (χ3n) is 2.73. The standard InChI is InChI=1S/C13H16N2O3S2/c1-15(2)20(16,17)12-7-3-6-11(13(12)14)19-9-10-5-4-8-18-10/h3-8H,9,14H2,1-2H3.